The van der Waals surface area contributed by atoms with Crippen molar-refractivity contribution >= 4 is 11.0 Å². The van der Waals surface area contributed by atoms with E-state index >= 15 is 0 Å². The minimum absolute atomic E-state index is 0.0844. The first-order valence-electron chi connectivity index (χ1n) is 4.22. The summed E-state index contributed by atoms with van der Waals surface area (Å²) >= 11 is 0. The topological polar surface area (TPSA) is 63.1 Å². The van der Waals surface area contributed by atoms with Gasteiger partial charge in [0.1, 0.15) is 16.7 Å². The van der Waals surface area contributed by atoms with Gasteiger partial charge in [0.25, 0.3) is 5.56 Å². The summed E-state index contributed by atoms with van der Waals surface area (Å²) in [6.45, 7) is 3.42. The van der Waals surface area contributed by atoms with Crippen LogP contribution in [0.3, 0.4) is 0 Å². The number of H-pyrrole nitrogens is 1. The van der Waals surface area contributed by atoms with E-state index in [2.05, 4.69) is 4.98 Å². The van der Waals surface area contributed by atoms with E-state index in [-0.39, 0.29) is 10.8 Å². The third kappa shape index (κ3) is 1.25. The highest BCUT2D eigenvalue weighted by Gasteiger charge is 2.06. The van der Waals surface area contributed by atoms with Gasteiger partial charge >= 0.3 is 0 Å². The molecule has 4 heteroatoms. The van der Waals surface area contributed by atoms with Gasteiger partial charge < -0.3 is 9.40 Å². The molecule has 0 amide bonds. The van der Waals surface area contributed by atoms with Crippen LogP contribution in [0.4, 0.5) is 0 Å². The Bertz CT molecular complexity index is 556. The maximum atomic E-state index is 11.5. The van der Waals surface area contributed by atoms with Crippen molar-refractivity contribution in [3.63, 3.8) is 0 Å². The average molecular weight is 191 g/mol. The van der Waals surface area contributed by atoms with E-state index < -0.39 is 5.56 Å². The number of aromatic nitrogens is 1. The Morgan fingerprint density at radius 2 is 1.93 bits per heavy atom. The number of hydrogen-bond acceptors (Lipinski definition) is 3. The van der Waals surface area contributed by atoms with Crippen molar-refractivity contribution in [2.75, 3.05) is 0 Å². The van der Waals surface area contributed by atoms with Crippen LogP contribution < -0.4 is 11.0 Å². The molecule has 0 atom stereocenters. The fraction of sp³-hybridized carbons (Fsp3) is 0.200. The van der Waals surface area contributed by atoms with Gasteiger partial charge in [-0.25, -0.2) is 0 Å². The standard InChI is InChI=1S/C10H9NO3/c1-5-3-8-9(10(13)11-5)7(12)4-6(2)14-8/h3-4H,1-2H3,(H,11,13). The van der Waals surface area contributed by atoms with Gasteiger partial charge in [-0.2, -0.15) is 0 Å². The molecule has 0 bridgehead atoms. The zero-order chi connectivity index (χ0) is 10.3. The van der Waals surface area contributed by atoms with Gasteiger partial charge in [0.05, 0.1) is 0 Å². The molecule has 2 aromatic rings. The predicted molar refractivity (Wildman–Crippen MR) is 52.6 cm³/mol. The van der Waals surface area contributed by atoms with Crippen molar-refractivity contribution in [1.29, 1.82) is 0 Å². The van der Waals surface area contributed by atoms with Gasteiger partial charge in [0.15, 0.2) is 5.43 Å². The number of rotatable bonds is 0. The number of nitrogens with one attached hydrogen (secondary N) is 1. The first-order valence-corrected chi connectivity index (χ1v) is 4.22. The summed E-state index contributed by atoms with van der Waals surface area (Å²) < 4.78 is 5.28. The lowest BCUT2D eigenvalue weighted by molar-refractivity contribution is 0.563. The molecule has 0 saturated carbocycles. The molecule has 14 heavy (non-hydrogen) atoms. The molecular weight excluding hydrogens is 182 g/mol. The molecule has 0 aromatic carbocycles. The summed E-state index contributed by atoms with van der Waals surface area (Å²) in [4.78, 5) is 25.4. The zero-order valence-corrected chi connectivity index (χ0v) is 7.88. The molecule has 0 fully saturated rings. The Labute approximate surface area is 79.2 Å². The molecule has 1 N–H and O–H groups in total. The van der Waals surface area contributed by atoms with Crippen LogP contribution in [0.2, 0.25) is 0 Å². The predicted octanol–water partition coefficient (Wildman–Crippen LogP) is 1.10. The average Bonchev–Trinajstić information content (AvgIpc) is 1.99. The Kier molecular flexibility index (Phi) is 1.77. The van der Waals surface area contributed by atoms with Crippen molar-refractivity contribution < 1.29 is 4.42 Å². The molecule has 0 unspecified atom stereocenters. The minimum Gasteiger partial charge on any atom is -0.461 e. The van der Waals surface area contributed by atoms with E-state index in [1.807, 2.05) is 0 Å². The van der Waals surface area contributed by atoms with Crippen molar-refractivity contribution in [2.24, 2.45) is 0 Å². The van der Waals surface area contributed by atoms with Gasteiger partial charge in [-0.1, -0.05) is 0 Å². The summed E-state index contributed by atoms with van der Waals surface area (Å²) in [7, 11) is 0. The van der Waals surface area contributed by atoms with E-state index in [1.54, 1.807) is 19.9 Å². The van der Waals surface area contributed by atoms with Crippen LogP contribution in [0.25, 0.3) is 11.0 Å². The number of fused-ring (bicyclic) bond motifs is 1. The van der Waals surface area contributed by atoms with Gasteiger partial charge in [0, 0.05) is 17.8 Å². The summed E-state index contributed by atoms with van der Waals surface area (Å²) in [6.07, 6.45) is 0. The smallest absolute Gasteiger partial charge is 0.263 e. The molecule has 0 radical (unpaired) electrons. The van der Waals surface area contributed by atoms with E-state index in [0.29, 0.717) is 17.0 Å². The first-order chi connectivity index (χ1) is 6.58. The second kappa shape index (κ2) is 2.83. The summed E-state index contributed by atoms with van der Waals surface area (Å²) in [6, 6.07) is 2.96. The number of aryl methyl sites for hydroxylation is 2. The molecule has 0 saturated heterocycles. The quantitative estimate of drug-likeness (QED) is 0.678. The van der Waals surface area contributed by atoms with Gasteiger partial charge in [-0.3, -0.25) is 9.59 Å². The van der Waals surface area contributed by atoms with Gasteiger partial charge in [-0.15, -0.1) is 0 Å². The molecule has 4 nitrogen and oxygen atoms in total. The highest BCUT2D eigenvalue weighted by molar-refractivity contribution is 5.75. The van der Waals surface area contributed by atoms with E-state index in [1.165, 1.54) is 6.07 Å². The maximum Gasteiger partial charge on any atom is 0.263 e. The van der Waals surface area contributed by atoms with Crippen molar-refractivity contribution in [2.45, 2.75) is 13.8 Å². The molecule has 2 rings (SSSR count). The SMILES string of the molecule is Cc1cc2oc(C)cc(=O)c2c(=O)[nH]1. The third-order valence-electron chi connectivity index (χ3n) is 1.98. The number of pyridine rings is 1. The van der Waals surface area contributed by atoms with Crippen LogP contribution in [-0.2, 0) is 0 Å². The lowest BCUT2D eigenvalue weighted by Gasteiger charge is -1.98. The highest BCUT2D eigenvalue weighted by atomic mass is 16.3. The molecule has 0 aliphatic rings. The monoisotopic (exact) mass is 191 g/mol. The fourth-order valence-corrected chi connectivity index (χ4v) is 1.43. The van der Waals surface area contributed by atoms with Crippen molar-refractivity contribution in [1.82, 2.24) is 4.98 Å². The van der Waals surface area contributed by atoms with Gasteiger partial charge in [-0.05, 0) is 13.8 Å². The molecule has 2 aromatic heterocycles. The normalized spacial score (nSPS) is 10.7. The Hall–Kier alpha value is -1.84. The van der Waals surface area contributed by atoms with E-state index in [0.717, 1.165) is 0 Å². The van der Waals surface area contributed by atoms with Crippen LogP contribution in [0.15, 0.2) is 26.1 Å². The highest BCUT2D eigenvalue weighted by Crippen LogP contribution is 2.08. The van der Waals surface area contributed by atoms with Crippen LogP contribution in [0.1, 0.15) is 11.5 Å². The Balaban J connectivity index is 3.10. The Morgan fingerprint density at radius 3 is 2.64 bits per heavy atom. The van der Waals surface area contributed by atoms with Crippen molar-refractivity contribution in [3.05, 3.63) is 44.2 Å². The van der Waals surface area contributed by atoms with E-state index in [4.69, 9.17) is 4.42 Å². The molecule has 72 valence electrons. The fourth-order valence-electron chi connectivity index (χ4n) is 1.43. The molecular formula is C10H9NO3. The molecule has 0 spiro atoms. The summed E-state index contributed by atoms with van der Waals surface area (Å²) in [5.41, 5.74) is 0.325. The summed E-state index contributed by atoms with van der Waals surface area (Å²) in [5, 5.41) is 0.0844. The van der Waals surface area contributed by atoms with Crippen LogP contribution in [0, 0.1) is 13.8 Å². The summed E-state index contributed by atoms with van der Waals surface area (Å²) in [5.74, 6) is 0.507. The van der Waals surface area contributed by atoms with Crippen LogP contribution in [0.5, 0.6) is 0 Å². The second-order valence-corrected chi connectivity index (χ2v) is 3.24. The molecule has 0 aliphatic carbocycles. The number of aromatic amines is 1. The second-order valence-electron chi connectivity index (χ2n) is 3.24. The first kappa shape index (κ1) is 8.74. The lowest BCUT2D eigenvalue weighted by atomic mass is 10.2. The van der Waals surface area contributed by atoms with Gasteiger partial charge in [0.2, 0.25) is 0 Å². The largest absolute Gasteiger partial charge is 0.461 e. The number of hydrogen-bond donors (Lipinski definition) is 1. The zero-order valence-electron chi connectivity index (χ0n) is 7.88. The van der Waals surface area contributed by atoms with Crippen LogP contribution in [-0.4, -0.2) is 4.98 Å². The maximum absolute atomic E-state index is 11.5. The Morgan fingerprint density at radius 1 is 1.21 bits per heavy atom. The van der Waals surface area contributed by atoms with E-state index in [9.17, 15) is 9.59 Å². The minimum atomic E-state index is -0.395. The molecule has 0 aliphatic heterocycles. The van der Waals surface area contributed by atoms with Crippen molar-refractivity contribution in [3.8, 4) is 0 Å². The lowest BCUT2D eigenvalue weighted by Crippen LogP contribution is -2.16. The van der Waals surface area contributed by atoms with Crippen LogP contribution >= 0.6 is 0 Å². The third-order valence-corrected chi connectivity index (χ3v) is 1.98. The molecule has 2 heterocycles.